The second-order valence-corrected chi connectivity index (χ2v) is 9.94. The van der Waals surface area contributed by atoms with Gasteiger partial charge in [-0.1, -0.05) is 29.3 Å². The smallest absolute Gasteiger partial charge is 0.330 e. The van der Waals surface area contributed by atoms with E-state index in [4.69, 9.17) is 32.7 Å². The van der Waals surface area contributed by atoms with E-state index in [1.165, 1.54) is 19.1 Å². The largest absolute Gasteiger partial charge is 0.495 e. The normalized spacial score (nSPS) is 17.4. The molecule has 1 atom stereocenters. The lowest BCUT2D eigenvalue weighted by Crippen LogP contribution is -2.53. The number of methoxy groups -OCH3 is 2. The summed E-state index contributed by atoms with van der Waals surface area (Å²) in [6, 6.07) is 0.876. The van der Waals surface area contributed by atoms with Crippen molar-refractivity contribution in [2.75, 3.05) is 70.1 Å². The predicted octanol–water partition coefficient (Wildman–Crippen LogP) is 3.51. The molecule has 0 aliphatic carbocycles. The molecular weight excluding hydrogens is 533 g/mol. The van der Waals surface area contributed by atoms with Crippen molar-refractivity contribution in [1.29, 1.82) is 0 Å². The van der Waals surface area contributed by atoms with E-state index < -0.39 is 0 Å². The Balaban J connectivity index is 1.73. The fraction of sp³-hybridized carbons (Fsp3) is 0.440. The summed E-state index contributed by atoms with van der Waals surface area (Å²) in [4.78, 5) is 42.7. The Labute approximate surface area is 231 Å². The molecule has 4 rings (SSSR count). The number of amides is 3. The lowest BCUT2D eigenvalue weighted by molar-refractivity contribution is -0.125. The first-order chi connectivity index (χ1) is 18.2. The Morgan fingerprint density at radius 1 is 1.24 bits per heavy atom. The van der Waals surface area contributed by atoms with Gasteiger partial charge in [-0.25, -0.2) is 9.78 Å². The summed E-state index contributed by atoms with van der Waals surface area (Å²) in [6.45, 7) is 1.65. The summed E-state index contributed by atoms with van der Waals surface area (Å²) in [7, 11) is 8.53. The fourth-order valence-corrected chi connectivity index (χ4v) is 5.24. The van der Waals surface area contributed by atoms with Crippen LogP contribution in [0.1, 0.15) is 12.0 Å². The highest BCUT2D eigenvalue weighted by Gasteiger charge is 2.42. The zero-order valence-corrected chi connectivity index (χ0v) is 23.5. The first-order valence-corrected chi connectivity index (χ1v) is 12.8. The number of benzene rings is 1. The molecule has 1 aromatic carbocycles. The molecular formula is C25H31Cl2N7O4. The zero-order chi connectivity index (χ0) is 27.6. The van der Waals surface area contributed by atoms with Crippen LogP contribution >= 0.6 is 23.2 Å². The molecule has 2 aliphatic rings. The molecule has 1 saturated heterocycles. The van der Waals surface area contributed by atoms with Crippen molar-refractivity contribution in [1.82, 2.24) is 19.8 Å². The fourth-order valence-electron chi connectivity index (χ4n) is 4.53. The zero-order valence-electron chi connectivity index (χ0n) is 22.0. The maximum absolute atomic E-state index is 14.2. The van der Waals surface area contributed by atoms with Gasteiger partial charge in [0, 0.05) is 50.6 Å². The lowest BCUT2D eigenvalue weighted by atomic mass is 10.1. The summed E-state index contributed by atoms with van der Waals surface area (Å²) in [5, 5.41) is 3.28. The van der Waals surface area contributed by atoms with Gasteiger partial charge in [-0.15, -0.1) is 0 Å². The third-order valence-corrected chi connectivity index (χ3v) is 7.18. The lowest BCUT2D eigenvalue weighted by Gasteiger charge is -2.39. The van der Waals surface area contributed by atoms with Gasteiger partial charge in [0.1, 0.15) is 27.4 Å². The van der Waals surface area contributed by atoms with Crippen molar-refractivity contribution < 1.29 is 19.1 Å². The first-order valence-electron chi connectivity index (χ1n) is 12.0. The highest BCUT2D eigenvalue weighted by Crippen LogP contribution is 2.48. The third-order valence-electron chi connectivity index (χ3n) is 6.45. The maximum Gasteiger partial charge on any atom is 0.330 e. The van der Waals surface area contributed by atoms with Crippen LogP contribution in [-0.4, -0.2) is 92.7 Å². The molecule has 1 aromatic heterocycles. The van der Waals surface area contributed by atoms with Crippen LogP contribution in [0.2, 0.25) is 10.0 Å². The van der Waals surface area contributed by atoms with Crippen molar-refractivity contribution in [3.05, 3.63) is 40.0 Å². The number of nitrogens with zero attached hydrogens (tertiary/aromatic N) is 6. The number of ether oxygens (including phenoxy) is 2. The van der Waals surface area contributed by atoms with Crippen LogP contribution in [0.25, 0.3) is 0 Å². The third kappa shape index (κ3) is 5.31. The van der Waals surface area contributed by atoms with E-state index in [1.807, 2.05) is 25.1 Å². The number of rotatable bonds is 8. The first kappa shape index (κ1) is 27.7. The molecule has 38 heavy (non-hydrogen) atoms. The minimum Gasteiger partial charge on any atom is -0.495 e. The molecule has 1 unspecified atom stereocenters. The number of carbonyl (C=O) groups excluding carboxylic acids is 2. The molecule has 11 nitrogen and oxygen atoms in total. The van der Waals surface area contributed by atoms with Crippen LogP contribution < -0.4 is 24.6 Å². The van der Waals surface area contributed by atoms with Gasteiger partial charge in [-0.2, -0.15) is 4.98 Å². The molecule has 2 aromatic rings. The average Bonchev–Trinajstić information content (AvgIpc) is 3.38. The molecule has 2 aliphatic heterocycles. The minimum absolute atomic E-state index is 0.0990. The van der Waals surface area contributed by atoms with Gasteiger partial charge < -0.3 is 24.6 Å². The Bertz CT molecular complexity index is 1230. The van der Waals surface area contributed by atoms with Gasteiger partial charge >= 0.3 is 6.03 Å². The van der Waals surface area contributed by atoms with Crippen LogP contribution in [0.3, 0.4) is 0 Å². The topological polar surface area (TPSA) is 103 Å². The van der Waals surface area contributed by atoms with Crippen LogP contribution in [0.15, 0.2) is 24.4 Å². The number of fused-ring (bicyclic) bond motifs is 1. The van der Waals surface area contributed by atoms with E-state index in [2.05, 4.69) is 15.3 Å². The molecule has 0 saturated carbocycles. The van der Waals surface area contributed by atoms with E-state index in [0.717, 1.165) is 0 Å². The second-order valence-electron chi connectivity index (χ2n) is 9.18. The summed E-state index contributed by atoms with van der Waals surface area (Å²) < 4.78 is 10.8. The number of likely N-dealkylation sites (tertiary alicyclic amines) is 1. The van der Waals surface area contributed by atoms with E-state index in [1.54, 1.807) is 35.2 Å². The number of likely N-dealkylation sites (N-methyl/N-ethyl adjacent to an activating group) is 1. The molecule has 3 heterocycles. The van der Waals surface area contributed by atoms with E-state index in [-0.39, 0.29) is 40.3 Å². The van der Waals surface area contributed by atoms with Gasteiger partial charge in [-0.05, 0) is 20.5 Å². The predicted molar refractivity (Wildman–Crippen MR) is 148 cm³/mol. The monoisotopic (exact) mass is 563 g/mol. The van der Waals surface area contributed by atoms with Crippen LogP contribution in [0, 0.1) is 0 Å². The number of nitrogens with one attached hydrogen (secondary N) is 1. The molecule has 204 valence electrons. The summed E-state index contributed by atoms with van der Waals surface area (Å²) >= 11 is 13.4. The average molecular weight is 564 g/mol. The molecule has 3 amide bonds. The highest BCUT2D eigenvalue weighted by atomic mass is 35.5. The number of carbonyl (C=O) groups is 2. The van der Waals surface area contributed by atoms with Gasteiger partial charge in [0.2, 0.25) is 11.9 Å². The van der Waals surface area contributed by atoms with Crippen molar-refractivity contribution in [2.24, 2.45) is 0 Å². The van der Waals surface area contributed by atoms with E-state index in [9.17, 15) is 9.59 Å². The molecule has 13 heteroatoms. The Morgan fingerprint density at radius 3 is 2.53 bits per heavy atom. The molecule has 1 N–H and O–H groups in total. The van der Waals surface area contributed by atoms with Crippen molar-refractivity contribution in [2.45, 2.75) is 19.0 Å². The number of hydrogen-bond acceptors (Lipinski definition) is 8. The summed E-state index contributed by atoms with van der Waals surface area (Å²) in [5.74, 6) is 1.40. The second kappa shape index (κ2) is 11.6. The molecule has 0 bridgehead atoms. The highest BCUT2D eigenvalue weighted by molar-refractivity contribution is 6.42. The Kier molecular flexibility index (Phi) is 8.49. The summed E-state index contributed by atoms with van der Waals surface area (Å²) in [6.07, 6.45) is 5.64. The Hall–Kier alpha value is -3.28. The van der Waals surface area contributed by atoms with Gasteiger partial charge in [0.05, 0.1) is 32.5 Å². The number of hydrogen-bond donors (Lipinski definition) is 1. The number of anilines is 3. The number of urea groups is 1. The SMILES string of the molecule is CNc1ncc2c(n1)N(C1CCN(C(=O)/C=C/CN(C)C)C1)C(=O)N(c1c(Cl)c(OC)cc(OC)c1Cl)C2. The quantitative estimate of drug-likeness (QED) is 0.486. The minimum atomic E-state index is -0.375. The molecule has 0 radical (unpaired) electrons. The number of aromatic nitrogens is 2. The van der Waals surface area contributed by atoms with Crippen LogP contribution in [0.5, 0.6) is 11.5 Å². The van der Waals surface area contributed by atoms with Gasteiger partial charge in [0.15, 0.2) is 0 Å². The van der Waals surface area contributed by atoms with Gasteiger partial charge in [0.25, 0.3) is 0 Å². The Morgan fingerprint density at radius 2 is 1.92 bits per heavy atom. The van der Waals surface area contributed by atoms with Crippen LogP contribution in [-0.2, 0) is 11.3 Å². The molecule has 0 spiro atoms. The van der Waals surface area contributed by atoms with Crippen molar-refractivity contribution in [3.8, 4) is 11.5 Å². The summed E-state index contributed by atoms with van der Waals surface area (Å²) in [5.41, 5.74) is 0.966. The molecule has 1 fully saturated rings. The van der Waals surface area contributed by atoms with Crippen molar-refractivity contribution >= 4 is 52.6 Å². The standard InChI is InChI=1S/C25H31Cl2N7O4/c1-28-24-29-12-15-13-33(22-20(26)17(37-4)11-18(38-5)21(22)27)25(36)34(23(15)30-24)16-8-10-32(14-16)19(35)7-6-9-31(2)3/h6-7,11-12,16H,8-10,13-14H2,1-5H3,(H,28,29,30)/b7-6+. The van der Waals surface area contributed by atoms with Crippen LogP contribution in [0.4, 0.5) is 22.2 Å². The van der Waals surface area contributed by atoms with Crippen molar-refractivity contribution in [3.63, 3.8) is 0 Å². The van der Waals surface area contributed by atoms with E-state index >= 15 is 0 Å². The van der Waals surface area contributed by atoms with Gasteiger partial charge in [-0.3, -0.25) is 14.6 Å². The maximum atomic E-state index is 14.2. The number of halogens is 2. The van der Waals surface area contributed by atoms with E-state index in [0.29, 0.717) is 54.9 Å².